The zero-order valence-electron chi connectivity index (χ0n) is 9.47. The first-order valence-electron chi connectivity index (χ1n) is 6.25. The Kier molecular flexibility index (Phi) is 2.42. The van der Waals surface area contributed by atoms with E-state index in [1.807, 2.05) is 0 Å². The molecule has 0 nitrogen and oxygen atoms in total. The van der Waals surface area contributed by atoms with E-state index >= 15 is 0 Å². The Hall–Kier alpha value is 0. The monoisotopic (exact) mass is 180 g/mol. The van der Waals surface area contributed by atoms with Crippen molar-refractivity contribution in [1.29, 1.82) is 0 Å². The first-order valence-corrected chi connectivity index (χ1v) is 6.25. The highest BCUT2D eigenvalue weighted by Crippen LogP contribution is 2.70. The van der Waals surface area contributed by atoms with Crippen LogP contribution >= 0.6 is 0 Å². The molecule has 2 aliphatic carbocycles. The van der Waals surface area contributed by atoms with Crippen LogP contribution in [0.1, 0.15) is 59.3 Å². The summed E-state index contributed by atoms with van der Waals surface area (Å²) in [6, 6.07) is 0. The predicted octanol–water partition coefficient (Wildman–Crippen LogP) is 4.25. The van der Waals surface area contributed by atoms with Crippen LogP contribution in [0, 0.1) is 23.2 Å². The topological polar surface area (TPSA) is 0 Å². The van der Waals surface area contributed by atoms with Crippen LogP contribution in [-0.4, -0.2) is 0 Å². The molecule has 2 saturated carbocycles. The molecule has 3 atom stereocenters. The van der Waals surface area contributed by atoms with Crippen LogP contribution in [0.5, 0.6) is 0 Å². The van der Waals surface area contributed by atoms with Gasteiger partial charge in [0.25, 0.3) is 0 Å². The second-order valence-electron chi connectivity index (χ2n) is 5.39. The van der Waals surface area contributed by atoms with E-state index in [2.05, 4.69) is 20.8 Å². The zero-order valence-corrected chi connectivity index (χ0v) is 9.47. The molecule has 3 unspecified atom stereocenters. The molecule has 0 amide bonds. The van der Waals surface area contributed by atoms with Crippen LogP contribution in [0.25, 0.3) is 0 Å². The Labute approximate surface area is 83.1 Å². The number of hydrogen-bond acceptors (Lipinski definition) is 0. The summed E-state index contributed by atoms with van der Waals surface area (Å²) in [4.78, 5) is 0. The van der Waals surface area contributed by atoms with Crippen LogP contribution < -0.4 is 0 Å². The maximum absolute atomic E-state index is 2.48. The summed E-state index contributed by atoms with van der Waals surface area (Å²) in [7, 11) is 0. The molecule has 0 radical (unpaired) electrons. The largest absolute Gasteiger partial charge is 0.0654 e. The Morgan fingerprint density at radius 2 is 1.92 bits per heavy atom. The molecule has 0 saturated heterocycles. The van der Waals surface area contributed by atoms with E-state index in [0.717, 1.165) is 23.2 Å². The minimum absolute atomic E-state index is 0.838. The van der Waals surface area contributed by atoms with Gasteiger partial charge < -0.3 is 0 Å². The van der Waals surface area contributed by atoms with Crippen molar-refractivity contribution in [1.82, 2.24) is 0 Å². The van der Waals surface area contributed by atoms with Gasteiger partial charge in [0.2, 0.25) is 0 Å². The van der Waals surface area contributed by atoms with Gasteiger partial charge in [-0.15, -0.1) is 0 Å². The highest BCUT2D eigenvalue weighted by molar-refractivity contribution is 5.11. The van der Waals surface area contributed by atoms with E-state index in [9.17, 15) is 0 Å². The molecule has 2 aliphatic rings. The highest BCUT2D eigenvalue weighted by atomic mass is 14.7. The van der Waals surface area contributed by atoms with Gasteiger partial charge in [-0.25, -0.2) is 0 Å². The Balaban J connectivity index is 2.02. The summed E-state index contributed by atoms with van der Waals surface area (Å²) in [5, 5.41) is 0. The van der Waals surface area contributed by atoms with Crippen molar-refractivity contribution >= 4 is 0 Å². The van der Waals surface area contributed by atoms with E-state index in [-0.39, 0.29) is 0 Å². The zero-order chi connectivity index (χ0) is 9.47. The van der Waals surface area contributed by atoms with Crippen LogP contribution in [0.2, 0.25) is 0 Å². The lowest BCUT2D eigenvalue weighted by atomic mass is 9.78. The molecule has 0 N–H and O–H groups in total. The molecule has 0 aliphatic heterocycles. The molecule has 0 aromatic heterocycles. The summed E-state index contributed by atoms with van der Waals surface area (Å²) in [5.74, 6) is 3.25. The van der Waals surface area contributed by atoms with Crippen molar-refractivity contribution in [3.8, 4) is 0 Å². The summed E-state index contributed by atoms with van der Waals surface area (Å²) in [6.45, 7) is 7.22. The summed E-state index contributed by atoms with van der Waals surface area (Å²) in [6.07, 6.45) is 8.94. The Morgan fingerprint density at radius 3 is 2.23 bits per heavy atom. The molecule has 76 valence electrons. The molecule has 0 heterocycles. The standard InChI is InChI=1S/C13H24/c1-4-6-11(5-2)13(9-10(13)3)12-7-8-12/h10-12H,4-9H2,1-3H3. The second kappa shape index (κ2) is 3.29. The van der Waals surface area contributed by atoms with Crippen molar-refractivity contribution in [2.75, 3.05) is 0 Å². The first kappa shape index (κ1) is 9.55. The maximum atomic E-state index is 2.48. The van der Waals surface area contributed by atoms with E-state index in [4.69, 9.17) is 0 Å². The molecule has 0 aromatic rings. The molecule has 13 heavy (non-hydrogen) atoms. The third-order valence-electron chi connectivity index (χ3n) is 4.64. The molecule has 0 aromatic carbocycles. The fourth-order valence-corrected chi connectivity index (χ4v) is 3.76. The predicted molar refractivity (Wildman–Crippen MR) is 57.6 cm³/mol. The minimum atomic E-state index is 0.838. The quantitative estimate of drug-likeness (QED) is 0.593. The van der Waals surface area contributed by atoms with Gasteiger partial charge in [0.1, 0.15) is 0 Å². The normalized spacial score (nSPS) is 40.4. The van der Waals surface area contributed by atoms with E-state index in [1.165, 1.54) is 19.3 Å². The lowest BCUT2D eigenvalue weighted by Crippen LogP contribution is -2.19. The molecular weight excluding hydrogens is 156 g/mol. The van der Waals surface area contributed by atoms with Crippen molar-refractivity contribution < 1.29 is 0 Å². The molecular formula is C13H24. The first-order chi connectivity index (χ1) is 6.25. The summed E-state index contributed by atoms with van der Waals surface area (Å²) in [5.41, 5.74) is 0.838. The average Bonchev–Trinajstić information content (AvgIpc) is 2.95. The van der Waals surface area contributed by atoms with Crippen LogP contribution in [0.15, 0.2) is 0 Å². The molecule has 0 bridgehead atoms. The number of hydrogen-bond donors (Lipinski definition) is 0. The highest BCUT2D eigenvalue weighted by Gasteiger charge is 2.62. The third-order valence-corrected chi connectivity index (χ3v) is 4.64. The fraction of sp³-hybridized carbons (Fsp3) is 1.00. The third kappa shape index (κ3) is 1.43. The van der Waals surface area contributed by atoms with Crippen molar-refractivity contribution in [3.63, 3.8) is 0 Å². The Morgan fingerprint density at radius 1 is 1.31 bits per heavy atom. The fourth-order valence-electron chi connectivity index (χ4n) is 3.76. The van der Waals surface area contributed by atoms with Gasteiger partial charge in [0.15, 0.2) is 0 Å². The smallest absolute Gasteiger partial charge is 0.0212 e. The van der Waals surface area contributed by atoms with Gasteiger partial charge in [-0.3, -0.25) is 0 Å². The molecule has 0 heteroatoms. The van der Waals surface area contributed by atoms with Gasteiger partial charge in [0, 0.05) is 0 Å². The van der Waals surface area contributed by atoms with Gasteiger partial charge in [0.05, 0.1) is 0 Å². The van der Waals surface area contributed by atoms with Gasteiger partial charge >= 0.3 is 0 Å². The average molecular weight is 180 g/mol. The Bertz CT molecular complexity index is 180. The SMILES string of the molecule is CCCC(CC)C1(C2CC2)CC1C. The van der Waals surface area contributed by atoms with Crippen LogP contribution in [0.3, 0.4) is 0 Å². The molecule has 0 spiro atoms. The van der Waals surface area contributed by atoms with Crippen molar-refractivity contribution in [2.24, 2.45) is 23.2 Å². The summed E-state index contributed by atoms with van der Waals surface area (Å²) >= 11 is 0. The maximum Gasteiger partial charge on any atom is -0.0212 e. The van der Waals surface area contributed by atoms with Crippen LogP contribution in [-0.2, 0) is 0 Å². The molecule has 2 fully saturated rings. The van der Waals surface area contributed by atoms with E-state index in [1.54, 1.807) is 19.3 Å². The minimum Gasteiger partial charge on any atom is -0.0654 e. The van der Waals surface area contributed by atoms with Gasteiger partial charge in [-0.2, -0.15) is 0 Å². The van der Waals surface area contributed by atoms with Crippen molar-refractivity contribution in [2.45, 2.75) is 59.3 Å². The van der Waals surface area contributed by atoms with Crippen LogP contribution in [0.4, 0.5) is 0 Å². The lowest BCUT2D eigenvalue weighted by Gasteiger charge is -2.27. The van der Waals surface area contributed by atoms with Crippen molar-refractivity contribution in [3.05, 3.63) is 0 Å². The van der Waals surface area contributed by atoms with Gasteiger partial charge in [-0.1, -0.05) is 40.0 Å². The lowest BCUT2D eigenvalue weighted by molar-refractivity contribution is 0.222. The van der Waals surface area contributed by atoms with E-state index in [0.29, 0.717) is 0 Å². The second-order valence-corrected chi connectivity index (χ2v) is 5.39. The van der Waals surface area contributed by atoms with E-state index < -0.39 is 0 Å². The summed E-state index contributed by atoms with van der Waals surface area (Å²) < 4.78 is 0. The molecule has 2 rings (SSSR count). The van der Waals surface area contributed by atoms with Gasteiger partial charge in [-0.05, 0) is 42.4 Å². The number of rotatable bonds is 5.